The number of aliphatic hydroxyl groups is 1. The van der Waals surface area contributed by atoms with Gasteiger partial charge in [-0.2, -0.15) is 0 Å². The van der Waals surface area contributed by atoms with Crippen molar-refractivity contribution in [3.8, 4) is 11.5 Å². The number of hydrogen-bond acceptors (Lipinski definition) is 7. The fraction of sp³-hybridized carbons (Fsp3) is 0.464. The van der Waals surface area contributed by atoms with E-state index in [-0.39, 0.29) is 17.9 Å². The van der Waals surface area contributed by atoms with Gasteiger partial charge in [-0.05, 0) is 63.9 Å². The standard InChI is InChI=1S/C28H39N3O7/c1-7-8-16-31(26(35)22(17-32)30-27(36)38-28(3,4)5)23(21-11-9-10-18(2)24(21)33)25(34)29-19-12-14-20(37-6)15-13-19/h9-15,22-23,32-33H,7-8,16-17H2,1-6H3,(H,29,34)(H,30,36). The number of amides is 3. The molecule has 0 fully saturated rings. The van der Waals surface area contributed by atoms with Gasteiger partial charge in [0.25, 0.3) is 5.91 Å². The summed E-state index contributed by atoms with van der Waals surface area (Å²) in [5, 5.41) is 26.1. The van der Waals surface area contributed by atoms with Gasteiger partial charge in [0.05, 0.1) is 13.7 Å². The molecule has 0 aliphatic rings. The Kier molecular flexibility index (Phi) is 10.9. The summed E-state index contributed by atoms with van der Waals surface area (Å²) in [6.45, 7) is 8.07. The number of nitrogens with zero attached hydrogens (tertiary/aromatic N) is 1. The zero-order chi connectivity index (χ0) is 28.5. The van der Waals surface area contributed by atoms with Crippen molar-refractivity contribution in [1.82, 2.24) is 10.2 Å². The second-order valence-corrected chi connectivity index (χ2v) is 9.90. The Bertz CT molecular complexity index is 1100. The van der Waals surface area contributed by atoms with Crippen LogP contribution in [0.2, 0.25) is 0 Å². The van der Waals surface area contributed by atoms with Crippen molar-refractivity contribution in [1.29, 1.82) is 0 Å². The third kappa shape index (κ3) is 8.37. The molecule has 208 valence electrons. The maximum atomic E-state index is 13.8. The number of unbranched alkanes of at least 4 members (excludes halogenated alkanes) is 1. The lowest BCUT2D eigenvalue weighted by atomic mass is 9.99. The third-order valence-corrected chi connectivity index (χ3v) is 5.69. The van der Waals surface area contributed by atoms with Crippen molar-refractivity contribution >= 4 is 23.6 Å². The number of rotatable bonds is 11. The van der Waals surface area contributed by atoms with Crippen LogP contribution in [-0.2, 0) is 14.3 Å². The highest BCUT2D eigenvalue weighted by molar-refractivity contribution is 5.99. The number of anilines is 1. The number of methoxy groups -OCH3 is 1. The molecule has 0 radical (unpaired) electrons. The first-order valence-corrected chi connectivity index (χ1v) is 12.6. The minimum atomic E-state index is -1.37. The molecule has 0 aliphatic heterocycles. The number of carbonyl (C=O) groups is 3. The fourth-order valence-electron chi connectivity index (χ4n) is 3.77. The summed E-state index contributed by atoms with van der Waals surface area (Å²) in [7, 11) is 1.53. The van der Waals surface area contributed by atoms with Crippen LogP contribution in [0.1, 0.15) is 57.7 Å². The van der Waals surface area contributed by atoms with Crippen molar-refractivity contribution in [2.24, 2.45) is 0 Å². The van der Waals surface area contributed by atoms with Crippen molar-refractivity contribution < 1.29 is 34.1 Å². The van der Waals surface area contributed by atoms with E-state index < -0.39 is 42.2 Å². The van der Waals surface area contributed by atoms with E-state index in [2.05, 4.69) is 10.6 Å². The molecule has 2 aromatic carbocycles. The van der Waals surface area contributed by atoms with Gasteiger partial charge in [0.15, 0.2) is 0 Å². The summed E-state index contributed by atoms with van der Waals surface area (Å²) in [6, 6.07) is 8.99. The molecule has 38 heavy (non-hydrogen) atoms. The van der Waals surface area contributed by atoms with Crippen molar-refractivity contribution in [3.63, 3.8) is 0 Å². The number of hydrogen-bond donors (Lipinski definition) is 4. The summed E-state index contributed by atoms with van der Waals surface area (Å²) in [5.41, 5.74) is 0.387. The highest BCUT2D eigenvalue weighted by Gasteiger charge is 2.37. The number of aromatic hydroxyl groups is 1. The number of carbonyl (C=O) groups excluding carboxylic acids is 3. The SMILES string of the molecule is CCCCN(C(=O)C(CO)NC(=O)OC(C)(C)C)C(C(=O)Nc1ccc(OC)cc1)c1cccc(C)c1O. The van der Waals surface area contributed by atoms with Crippen LogP contribution in [0.5, 0.6) is 11.5 Å². The van der Waals surface area contributed by atoms with E-state index in [9.17, 15) is 24.6 Å². The predicted octanol–water partition coefficient (Wildman–Crippen LogP) is 3.90. The van der Waals surface area contributed by atoms with E-state index in [1.807, 2.05) is 6.92 Å². The Balaban J connectivity index is 2.51. The fourth-order valence-corrected chi connectivity index (χ4v) is 3.77. The number of alkyl carbamates (subject to hydrolysis) is 1. The van der Waals surface area contributed by atoms with E-state index in [0.29, 0.717) is 29.8 Å². The summed E-state index contributed by atoms with van der Waals surface area (Å²) < 4.78 is 10.4. The first kappa shape index (κ1) is 30.4. The van der Waals surface area contributed by atoms with Gasteiger partial charge in [0.2, 0.25) is 5.91 Å². The van der Waals surface area contributed by atoms with Crippen LogP contribution in [0, 0.1) is 6.92 Å². The Labute approximate surface area is 223 Å². The first-order valence-electron chi connectivity index (χ1n) is 12.6. The summed E-state index contributed by atoms with van der Waals surface area (Å²) in [4.78, 5) is 41.2. The average Bonchev–Trinajstić information content (AvgIpc) is 2.86. The molecule has 2 aromatic rings. The van der Waals surface area contributed by atoms with Gasteiger partial charge in [0, 0.05) is 17.8 Å². The average molecular weight is 530 g/mol. The van der Waals surface area contributed by atoms with Gasteiger partial charge in [-0.3, -0.25) is 9.59 Å². The van der Waals surface area contributed by atoms with Gasteiger partial charge >= 0.3 is 6.09 Å². The topological polar surface area (TPSA) is 137 Å². The van der Waals surface area contributed by atoms with E-state index >= 15 is 0 Å². The van der Waals surface area contributed by atoms with Crippen molar-refractivity contribution in [2.45, 2.75) is 65.1 Å². The zero-order valence-electron chi connectivity index (χ0n) is 22.9. The van der Waals surface area contributed by atoms with Crippen LogP contribution in [-0.4, -0.2) is 64.9 Å². The highest BCUT2D eigenvalue weighted by atomic mass is 16.6. The smallest absolute Gasteiger partial charge is 0.408 e. The normalized spacial score (nSPS) is 12.7. The Hall–Kier alpha value is -3.79. The third-order valence-electron chi connectivity index (χ3n) is 5.69. The van der Waals surface area contributed by atoms with Gasteiger partial charge in [0.1, 0.15) is 29.2 Å². The number of aryl methyl sites for hydroxylation is 1. The predicted molar refractivity (Wildman–Crippen MR) is 144 cm³/mol. The molecule has 10 heteroatoms. The monoisotopic (exact) mass is 529 g/mol. The van der Waals surface area contributed by atoms with Gasteiger partial charge < -0.3 is 35.2 Å². The van der Waals surface area contributed by atoms with E-state index in [4.69, 9.17) is 9.47 Å². The summed E-state index contributed by atoms with van der Waals surface area (Å²) >= 11 is 0. The number of ether oxygens (including phenoxy) is 2. The Morgan fingerprint density at radius 1 is 1.08 bits per heavy atom. The number of phenolic OH excluding ortho intramolecular Hbond substituents is 1. The number of phenols is 1. The molecule has 0 heterocycles. The minimum Gasteiger partial charge on any atom is -0.507 e. The second-order valence-electron chi connectivity index (χ2n) is 9.90. The lowest BCUT2D eigenvalue weighted by molar-refractivity contribution is -0.141. The van der Waals surface area contributed by atoms with Gasteiger partial charge in [-0.25, -0.2) is 4.79 Å². The molecule has 0 aliphatic carbocycles. The molecule has 0 bridgehead atoms. The maximum Gasteiger partial charge on any atom is 0.408 e. The number of para-hydroxylation sites is 1. The molecule has 0 aromatic heterocycles. The van der Waals surface area contributed by atoms with Crippen LogP contribution < -0.4 is 15.4 Å². The largest absolute Gasteiger partial charge is 0.507 e. The molecule has 2 unspecified atom stereocenters. The van der Waals surface area contributed by atoms with Crippen LogP contribution in [0.15, 0.2) is 42.5 Å². The van der Waals surface area contributed by atoms with E-state index in [1.54, 1.807) is 70.2 Å². The van der Waals surface area contributed by atoms with Gasteiger partial charge in [-0.1, -0.05) is 31.5 Å². The molecule has 3 amide bonds. The molecule has 2 atom stereocenters. The first-order chi connectivity index (χ1) is 17.9. The molecular formula is C28H39N3O7. The molecule has 4 N–H and O–H groups in total. The van der Waals surface area contributed by atoms with Crippen molar-refractivity contribution in [2.75, 3.05) is 25.6 Å². The molecule has 2 rings (SSSR count). The summed E-state index contributed by atoms with van der Waals surface area (Å²) in [5.74, 6) is -0.788. The second kappa shape index (κ2) is 13.7. The van der Waals surface area contributed by atoms with Crippen molar-refractivity contribution in [3.05, 3.63) is 53.6 Å². The number of nitrogens with one attached hydrogen (secondary N) is 2. The Morgan fingerprint density at radius 2 is 1.74 bits per heavy atom. The van der Waals surface area contributed by atoms with Crippen LogP contribution in [0.3, 0.4) is 0 Å². The molecule has 0 spiro atoms. The quantitative estimate of drug-likeness (QED) is 0.346. The maximum absolute atomic E-state index is 13.8. The molecule has 0 saturated carbocycles. The van der Waals surface area contributed by atoms with Crippen LogP contribution in [0.4, 0.5) is 10.5 Å². The molecule has 0 saturated heterocycles. The summed E-state index contributed by atoms with van der Waals surface area (Å²) in [6.07, 6.45) is 0.368. The minimum absolute atomic E-state index is 0.127. The molecular weight excluding hydrogens is 490 g/mol. The molecule has 10 nitrogen and oxygen atoms in total. The zero-order valence-corrected chi connectivity index (χ0v) is 22.9. The van der Waals surface area contributed by atoms with Crippen LogP contribution >= 0.6 is 0 Å². The van der Waals surface area contributed by atoms with Crippen LogP contribution in [0.25, 0.3) is 0 Å². The van der Waals surface area contributed by atoms with E-state index in [1.165, 1.54) is 12.0 Å². The van der Waals surface area contributed by atoms with E-state index in [0.717, 1.165) is 0 Å². The van der Waals surface area contributed by atoms with Gasteiger partial charge in [-0.15, -0.1) is 0 Å². The number of benzene rings is 2. The lowest BCUT2D eigenvalue weighted by Crippen LogP contribution is -2.54. The lowest BCUT2D eigenvalue weighted by Gasteiger charge is -2.34. The highest BCUT2D eigenvalue weighted by Crippen LogP contribution is 2.33. The number of aliphatic hydroxyl groups excluding tert-OH is 1. The Morgan fingerprint density at radius 3 is 2.29 bits per heavy atom.